The lowest BCUT2D eigenvalue weighted by Gasteiger charge is -2.38. The van der Waals surface area contributed by atoms with Crippen molar-refractivity contribution in [3.05, 3.63) is 16.1 Å². The second kappa shape index (κ2) is 4.91. The maximum Gasteiger partial charge on any atom is 0.0943 e. The van der Waals surface area contributed by atoms with Gasteiger partial charge in [-0.2, -0.15) is 0 Å². The highest BCUT2D eigenvalue weighted by atomic mass is 32.1. The van der Waals surface area contributed by atoms with Gasteiger partial charge in [-0.15, -0.1) is 11.3 Å². The predicted molar refractivity (Wildman–Crippen MR) is 75.8 cm³/mol. The van der Waals surface area contributed by atoms with Gasteiger partial charge in [-0.3, -0.25) is 0 Å². The predicted octanol–water partition coefficient (Wildman–Crippen LogP) is 2.19. The summed E-state index contributed by atoms with van der Waals surface area (Å²) in [6, 6.07) is 1.88. The van der Waals surface area contributed by atoms with Crippen molar-refractivity contribution < 1.29 is 0 Å². The van der Waals surface area contributed by atoms with Gasteiger partial charge in [0.1, 0.15) is 0 Å². The van der Waals surface area contributed by atoms with E-state index < -0.39 is 0 Å². The van der Waals surface area contributed by atoms with Crippen LogP contribution in [0.4, 0.5) is 0 Å². The van der Waals surface area contributed by atoms with E-state index >= 15 is 0 Å². The number of nitrogens with zero attached hydrogens (tertiary/aromatic N) is 2. The molecule has 0 saturated carbocycles. The van der Waals surface area contributed by atoms with Crippen molar-refractivity contribution in [1.29, 1.82) is 0 Å². The highest BCUT2D eigenvalue weighted by Gasteiger charge is 2.40. The lowest BCUT2D eigenvalue weighted by Crippen LogP contribution is -2.46. The number of fused-ring (bicyclic) bond motifs is 2. The van der Waals surface area contributed by atoms with Crippen LogP contribution in [0.15, 0.2) is 5.38 Å². The largest absolute Gasteiger partial charge is 0.327 e. The topological polar surface area (TPSA) is 42.1 Å². The first kappa shape index (κ1) is 12.6. The van der Waals surface area contributed by atoms with Crippen molar-refractivity contribution >= 4 is 11.3 Å². The molecule has 0 spiro atoms. The highest BCUT2D eigenvalue weighted by Crippen LogP contribution is 2.38. The SMILES string of the molecule is Cc1csc(CC(N)C2CC3CCC(C2)N3C)n1. The summed E-state index contributed by atoms with van der Waals surface area (Å²) in [4.78, 5) is 7.12. The van der Waals surface area contributed by atoms with Crippen molar-refractivity contribution in [3.8, 4) is 0 Å². The van der Waals surface area contributed by atoms with Crippen molar-refractivity contribution in [2.75, 3.05) is 7.05 Å². The molecule has 3 heterocycles. The number of aromatic nitrogens is 1. The van der Waals surface area contributed by atoms with E-state index in [4.69, 9.17) is 5.73 Å². The van der Waals surface area contributed by atoms with Gasteiger partial charge in [-0.05, 0) is 45.6 Å². The van der Waals surface area contributed by atoms with E-state index in [9.17, 15) is 0 Å². The van der Waals surface area contributed by atoms with Crippen LogP contribution < -0.4 is 5.73 Å². The molecule has 18 heavy (non-hydrogen) atoms. The van der Waals surface area contributed by atoms with Gasteiger partial charge in [0.15, 0.2) is 0 Å². The molecule has 0 amide bonds. The van der Waals surface area contributed by atoms with E-state index in [0.29, 0.717) is 12.0 Å². The zero-order chi connectivity index (χ0) is 12.7. The number of hydrogen-bond acceptors (Lipinski definition) is 4. The fraction of sp³-hybridized carbons (Fsp3) is 0.786. The van der Waals surface area contributed by atoms with Crippen LogP contribution in [0.5, 0.6) is 0 Å². The standard InChI is InChI=1S/C14H23N3S/c1-9-8-18-14(16-9)7-13(15)10-5-11-3-4-12(6-10)17(11)2/h8,10-13H,3-7,15H2,1-2H3. The van der Waals surface area contributed by atoms with Gasteiger partial charge in [0.25, 0.3) is 0 Å². The molecule has 1 aromatic heterocycles. The zero-order valence-electron chi connectivity index (χ0n) is 11.3. The molecule has 0 radical (unpaired) electrons. The Morgan fingerprint density at radius 2 is 2.11 bits per heavy atom. The van der Waals surface area contributed by atoms with Crippen LogP contribution >= 0.6 is 11.3 Å². The van der Waals surface area contributed by atoms with E-state index in [1.54, 1.807) is 11.3 Å². The van der Waals surface area contributed by atoms with E-state index in [2.05, 4.69) is 29.2 Å². The first-order valence-electron chi connectivity index (χ1n) is 7.02. The Balaban J connectivity index is 1.62. The Labute approximate surface area is 113 Å². The van der Waals surface area contributed by atoms with Crippen LogP contribution in [-0.2, 0) is 6.42 Å². The van der Waals surface area contributed by atoms with Crippen LogP contribution in [0, 0.1) is 12.8 Å². The fourth-order valence-corrected chi connectivity index (χ4v) is 4.51. The summed E-state index contributed by atoms with van der Waals surface area (Å²) in [6.45, 7) is 2.06. The molecule has 100 valence electrons. The molecule has 3 nitrogen and oxygen atoms in total. The summed E-state index contributed by atoms with van der Waals surface area (Å²) in [5.74, 6) is 0.697. The smallest absolute Gasteiger partial charge is 0.0943 e. The average molecular weight is 265 g/mol. The number of hydrogen-bond donors (Lipinski definition) is 1. The molecule has 1 aromatic rings. The quantitative estimate of drug-likeness (QED) is 0.911. The van der Waals surface area contributed by atoms with Gasteiger partial charge in [0.2, 0.25) is 0 Å². The van der Waals surface area contributed by atoms with Gasteiger partial charge in [0, 0.05) is 35.6 Å². The fourth-order valence-electron chi connectivity index (χ4n) is 3.67. The second-order valence-electron chi connectivity index (χ2n) is 6.03. The maximum absolute atomic E-state index is 6.44. The third kappa shape index (κ3) is 2.33. The van der Waals surface area contributed by atoms with Gasteiger partial charge < -0.3 is 10.6 Å². The third-order valence-electron chi connectivity index (χ3n) is 4.82. The summed E-state index contributed by atoms with van der Waals surface area (Å²) in [7, 11) is 2.29. The summed E-state index contributed by atoms with van der Waals surface area (Å²) >= 11 is 1.76. The molecular formula is C14H23N3S. The number of piperidine rings is 1. The first-order valence-corrected chi connectivity index (χ1v) is 7.90. The highest BCUT2D eigenvalue weighted by molar-refractivity contribution is 7.09. The number of rotatable bonds is 3. The van der Waals surface area contributed by atoms with Gasteiger partial charge in [-0.1, -0.05) is 0 Å². The molecule has 0 aliphatic carbocycles. The number of nitrogens with two attached hydrogens (primary N) is 1. The van der Waals surface area contributed by atoms with Crippen molar-refractivity contribution in [2.24, 2.45) is 11.7 Å². The summed E-state index contributed by atoms with van der Waals surface area (Å²) in [5, 5.41) is 3.34. The first-order chi connectivity index (χ1) is 8.63. The summed E-state index contributed by atoms with van der Waals surface area (Å²) < 4.78 is 0. The van der Waals surface area contributed by atoms with Gasteiger partial charge >= 0.3 is 0 Å². The zero-order valence-corrected chi connectivity index (χ0v) is 12.1. The molecule has 2 fully saturated rings. The minimum absolute atomic E-state index is 0.298. The Kier molecular flexibility index (Phi) is 3.43. The summed E-state index contributed by atoms with van der Waals surface area (Å²) in [5.41, 5.74) is 7.57. The molecule has 3 rings (SSSR count). The Morgan fingerprint density at radius 3 is 2.67 bits per heavy atom. The van der Waals surface area contributed by atoms with E-state index in [1.165, 1.54) is 30.7 Å². The van der Waals surface area contributed by atoms with E-state index in [1.807, 2.05) is 0 Å². The van der Waals surface area contributed by atoms with Crippen LogP contribution in [0.1, 0.15) is 36.4 Å². The monoisotopic (exact) mass is 265 g/mol. The van der Waals surface area contributed by atoms with E-state index in [-0.39, 0.29) is 0 Å². The van der Waals surface area contributed by atoms with Crippen molar-refractivity contribution in [1.82, 2.24) is 9.88 Å². The normalized spacial score (nSPS) is 33.8. The third-order valence-corrected chi connectivity index (χ3v) is 5.81. The molecule has 2 aliphatic rings. The minimum Gasteiger partial charge on any atom is -0.327 e. The molecule has 2 N–H and O–H groups in total. The molecule has 2 saturated heterocycles. The molecule has 2 bridgehead atoms. The van der Waals surface area contributed by atoms with Crippen molar-refractivity contribution in [2.45, 2.75) is 57.2 Å². The number of aryl methyl sites for hydroxylation is 1. The van der Waals surface area contributed by atoms with Crippen molar-refractivity contribution in [3.63, 3.8) is 0 Å². The molecule has 4 heteroatoms. The maximum atomic E-state index is 6.44. The van der Waals surface area contributed by atoms with Crippen LogP contribution in [0.2, 0.25) is 0 Å². The summed E-state index contributed by atoms with van der Waals surface area (Å²) in [6.07, 6.45) is 6.30. The van der Waals surface area contributed by atoms with Crippen LogP contribution in [0.3, 0.4) is 0 Å². The Bertz CT molecular complexity index is 403. The lowest BCUT2D eigenvalue weighted by molar-refractivity contribution is 0.120. The van der Waals surface area contributed by atoms with E-state index in [0.717, 1.165) is 24.2 Å². The lowest BCUT2D eigenvalue weighted by atomic mass is 9.84. The van der Waals surface area contributed by atoms with Crippen LogP contribution in [-0.4, -0.2) is 35.1 Å². The van der Waals surface area contributed by atoms with Gasteiger partial charge in [-0.25, -0.2) is 4.98 Å². The Morgan fingerprint density at radius 1 is 1.44 bits per heavy atom. The molecule has 3 atom stereocenters. The molecule has 0 aromatic carbocycles. The molecule has 3 unspecified atom stereocenters. The van der Waals surface area contributed by atoms with Gasteiger partial charge in [0.05, 0.1) is 5.01 Å². The number of thiazole rings is 1. The van der Waals surface area contributed by atoms with Crippen LogP contribution in [0.25, 0.3) is 0 Å². The average Bonchev–Trinajstić information content (AvgIpc) is 2.80. The minimum atomic E-state index is 0.298. The second-order valence-corrected chi connectivity index (χ2v) is 6.98. The molecule has 2 aliphatic heterocycles. The molecular weight excluding hydrogens is 242 g/mol. The Hall–Kier alpha value is -0.450.